The highest BCUT2D eigenvalue weighted by atomic mass is 16.3. The molecule has 0 spiro atoms. The largest absolute Gasteiger partial charge is 0.437 e. The third-order valence-corrected chi connectivity index (χ3v) is 13.3. The summed E-state index contributed by atoms with van der Waals surface area (Å²) in [6.45, 7) is 20.7. The van der Waals surface area contributed by atoms with Crippen LogP contribution in [-0.2, 0) is 6.42 Å². The Kier molecular flexibility index (Phi) is 9.01. The summed E-state index contributed by atoms with van der Waals surface area (Å²) in [6, 6.07) is 40.7. The number of furan rings is 1. The number of rotatable bonds is 4. The van der Waals surface area contributed by atoms with Gasteiger partial charge in [0, 0.05) is 58.0 Å². The van der Waals surface area contributed by atoms with E-state index >= 15 is 0 Å². The molecule has 0 amide bonds. The summed E-state index contributed by atoms with van der Waals surface area (Å²) >= 11 is 0. The molecule has 2 unspecified atom stereocenters. The standard InChI is InChI=1S/C55H53N3O/c1-32(2)40-22-23-41(38-14-10-9-11-15-38)51(33(3)4)53(40)47-25-24-45-44-21-19-39-20-27-49-46(42-16-12-13-17-43(42)48-26-18-34(5)30-58(48)49)29-37(8)57-31-36(7)35(6)28-50(57)52(39)54(44)59-55(45)56-47/h9-19,21-26,28,30-33,46,49H,8,20,27,29H2,1-7H3/q+2. The van der Waals surface area contributed by atoms with Crippen LogP contribution in [0.1, 0.15) is 103 Å². The molecule has 2 aliphatic heterocycles. The molecule has 0 aliphatic carbocycles. The average Bonchev–Trinajstić information content (AvgIpc) is 3.61. The Balaban J connectivity index is 1.18. The van der Waals surface area contributed by atoms with Crippen LogP contribution in [0.4, 0.5) is 0 Å². The molecule has 8 aromatic rings. The number of hydrogen-bond donors (Lipinski definition) is 0. The highest BCUT2D eigenvalue weighted by Gasteiger charge is 2.42. The molecule has 0 radical (unpaired) electrons. The van der Waals surface area contributed by atoms with Crippen molar-refractivity contribution in [2.75, 3.05) is 0 Å². The van der Waals surface area contributed by atoms with Gasteiger partial charge in [0.1, 0.15) is 0 Å². The molecule has 2 aliphatic rings. The van der Waals surface area contributed by atoms with Crippen molar-refractivity contribution in [3.05, 3.63) is 167 Å². The lowest BCUT2D eigenvalue weighted by Crippen LogP contribution is -2.49. The quantitative estimate of drug-likeness (QED) is 0.167. The van der Waals surface area contributed by atoms with Crippen molar-refractivity contribution < 1.29 is 13.6 Å². The van der Waals surface area contributed by atoms with Crippen molar-refractivity contribution in [3.8, 4) is 44.9 Å². The molecule has 0 fully saturated rings. The first-order chi connectivity index (χ1) is 28.6. The Morgan fingerprint density at radius 3 is 2.29 bits per heavy atom. The second kappa shape index (κ2) is 14.3. The summed E-state index contributed by atoms with van der Waals surface area (Å²) in [5.41, 5.74) is 21.3. The zero-order valence-corrected chi connectivity index (χ0v) is 35.4. The summed E-state index contributed by atoms with van der Waals surface area (Å²) < 4.78 is 12.1. The van der Waals surface area contributed by atoms with Crippen LogP contribution in [0, 0.1) is 20.8 Å². The number of allylic oxidation sites excluding steroid dienone is 1. The monoisotopic (exact) mass is 771 g/mol. The predicted molar refractivity (Wildman–Crippen MR) is 243 cm³/mol. The van der Waals surface area contributed by atoms with Gasteiger partial charge in [-0.2, -0.15) is 9.13 Å². The van der Waals surface area contributed by atoms with Crippen LogP contribution in [0.25, 0.3) is 72.7 Å². The summed E-state index contributed by atoms with van der Waals surface area (Å²) in [6.07, 6.45) is 7.41. The zero-order valence-electron chi connectivity index (χ0n) is 35.4. The van der Waals surface area contributed by atoms with E-state index in [0.29, 0.717) is 17.5 Å². The van der Waals surface area contributed by atoms with Gasteiger partial charge in [0.15, 0.2) is 29.7 Å². The summed E-state index contributed by atoms with van der Waals surface area (Å²) in [7, 11) is 0. The Bertz CT molecular complexity index is 2990. The molecule has 292 valence electrons. The van der Waals surface area contributed by atoms with Crippen LogP contribution in [0.2, 0.25) is 0 Å². The number of aryl methyl sites for hydroxylation is 4. The maximum absolute atomic E-state index is 7.13. The maximum Gasteiger partial charge on any atom is 0.227 e. The van der Waals surface area contributed by atoms with Gasteiger partial charge in [-0.25, -0.2) is 4.98 Å². The van der Waals surface area contributed by atoms with Gasteiger partial charge >= 0.3 is 0 Å². The smallest absolute Gasteiger partial charge is 0.227 e. The first-order valence-corrected chi connectivity index (χ1v) is 21.5. The third-order valence-electron chi connectivity index (χ3n) is 13.3. The summed E-state index contributed by atoms with van der Waals surface area (Å²) in [5, 5.41) is 2.13. The van der Waals surface area contributed by atoms with Gasteiger partial charge in [-0.15, -0.1) is 0 Å². The van der Waals surface area contributed by atoms with Crippen LogP contribution in [0.15, 0.2) is 133 Å². The minimum absolute atomic E-state index is 0.269. The van der Waals surface area contributed by atoms with Gasteiger partial charge in [0.05, 0.1) is 17.2 Å². The second-order valence-electron chi connectivity index (χ2n) is 17.8. The highest BCUT2D eigenvalue weighted by Crippen LogP contribution is 2.47. The minimum atomic E-state index is 0.269. The van der Waals surface area contributed by atoms with E-state index in [2.05, 4.69) is 179 Å². The Morgan fingerprint density at radius 1 is 0.712 bits per heavy atom. The average molecular weight is 772 g/mol. The van der Waals surface area contributed by atoms with E-state index in [9.17, 15) is 0 Å². The maximum atomic E-state index is 7.13. The normalized spacial score (nSPS) is 16.2. The Morgan fingerprint density at radius 2 is 1.49 bits per heavy atom. The molecule has 2 atom stereocenters. The number of fused-ring (bicyclic) bond motifs is 13. The lowest BCUT2D eigenvalue weighted by molar-refractivity contribution is -0.719. The molecular weight excluding hydrogens is 719 g/mol. The molecule has 10 rings (SSSR count). The third kappa shape index (κ3) is 6.06. The Hall–Kier alpha value is -6.13. The fraction of sp³-hybridized carbons (Fsp3) is 0.255. The summed E-state index contributed by atoms with van der Waals surface area (Å²) in [4.78, 5) is 5.44. The van der Waals surface area contributed by atoms with Crippen LogP contribution >= 0.6 is 0 Å². The van der Waals surface area contributed by atoms with Crippen molar-refractivity contribution in [2.45, 2.75) is 91.5 Å². The van der Waals surface area contributed by atoms with Crippen molar-refractivity contribution in [2.24, 2.45) is 0 Å². The number of aromatic nitrogens is 3. The number of hydrogen-bond acceptors (Lipinski definition) is 2. The fourth-order valence-electron chi connectivity index (χ4n) is 10.3. The molecule has 4 heteroatoms. The van der Waals surface area contributed by atoms with Crippen LogP contribution in [-0.4, -0.2) is 4.98 Å². The zero-order chi connectivity index (χ0) is 40.7. The first-order valence-electron chi connectivity index (χ1n) is 21.5. The molecule has 6 heterocycles. The van der Waals surface area contributed by atoms with Gasteiger partial charge < -0.3 is 4.42 Å². The molecule has 4 aromatic heterocycles. The van der Waals surface area contributed by atoms with E-state index in [0.717, 1.165) is 58.3 Å². The van der Waals surface area contributed by atoms with Crippen molar-refractivity contribution >= 4 is 27.8 Å². The molecule has 0 bridgehead atoms. The lowest BCUT2D eigenvalue weighted by Gasteiger charge is -2.31. The Labute approximate surface area is 348 Å². The van der Waals surface area contributed by atoms with Gasteiger partial charge in [-0.1, -0.05) is 100 Å². The topological polar surface area (TPSA) is 33.8 Å². The summed E-state index contributed by atoms with van der Waals surface area (Å²) in [5.74, 6) is 0.901. The SMILES string of the molecule is C=C1CC2c3ccccc3-c3ccc(C)c[n+]3C2CCc2ccc3c(oc4nc(-c5c(C(C)C)ccc(-c6ccccc6)c5C(C)C)ccc43)c2-c2cc(C)c(C)c[n+]21. The van der Waals surface area contributed by atoms with Gasteiger partial charge in [-0.05, 0) is 109 Å². The van der Waals surface area contributed by atoms with E-state index in [1.54, 1.807) is 0 Å². The van der Waals surface area contributed by atoms with E-state index in [1.165, 1.54) is 66.9 Å². The van der Waals surface area contributed by atoms with Crippen LogP contribution in [0.5, 0.6) is 0 Å². The fourth-order valence-corrected chi connectivity index (χ4v) is 10.3. The van der Waals surface area contributed by atoms with Gasteiger partial charge in [0.25, 0.3) is 0 Å². The molecule has 0 N–H and O–H groups in total. The van der Waals surface area contributed by atoms with E-state index in [1.807, 2.05) is 0 Å². The van der Waals surface area contributed by atoms with Crippen LogP contribution < -0.4 is 9.13 Å². The number of pyridine rings is 3. The highest BCUT2D eigenvalue weighted by molar-refractivity contribution is 6.09. The second-order valence-corrected chi connectivity index (χ2v) is 17.8. The molecule has 0 saturated heterocycles. The van der Waals surface area contributed by atoms with Crippen molar-refractivity contribution in [1.29, 1.82) is 0 Å². The first kappa shape index (κ1) is 37.2. The van der Waals surface area contributed by atoms with Crippen LogP contribution in [0.3, 0.4) is 0 Å². The van der Waals surface area contributed by atoms with Gasteiger partial charge in [0.2, 0.25) is 17.1 Å². The predicted octanol–water partition coefficient (Wildman–Crippen LogP) is 13.5. The molecule has 4 nitrogen and oxygen atoms in total. The minimum Gasteiger partial charge on any atom is -0.437 e. The number of benzene rings is 4. The lowest BCUT2D eigenvalue weighted by atomic mass is 9.77. The van der Waals surface area contributed by atoms with E-state index < -0.39 is 0 Å². The van der Waals surface area contributed by atoms with Gasteiger partial charge in [-0.3, -0.25) is 0 Å². The number of nitrogens with zero attached hydrogens (tertiary/aromatic N) is 3. The molecule has 59 heavy (non-hydrogen) atoms. The van der Waals surface area contributed by atoms with E-state index in [-0.39, 0.29) is 12.0 Å². The van der Waals surface area contributed by atoms with Crippen molar-refractivity contribution in [1.82, 2.24) is 4.98 Å². The molecular formula is C55H53N3O+2. The molecule has 4 aromatic carbocycles. The van der Waals surface area contributed by atoms with Crippen molar-refractivity contribution in [3.63, 3.8) is 0 Å². The van der Waals surface area contributed by atoms with E-state index in [4.69, 9.17) is 16.0 Å². The molecule has 0 saturated carbocycles.